The standard InChI is InChI=1S/C10H18N2O2/c1-7(2)12-5-3-4-9(12)8-6-14-10(13)11-8/h7-9H,3-6H2,1-2H3,(H,11,13). The van der Waals surface area contributed by atoms with Crippen molar-refractivity contribution in [2.75, 3.05) is 13.2 Å². The minimum Gasteiger partial charge on any atom is -0.447 e. The zero-order chi connectivity index (χ0) is 10.1. The van der Waals surface area contributed by atoms with Crippen molar-refractivity contribution < 1.29 is 9.53 Å². The summed E-state index contributed by atoms with van der Waals surface area (Å²) in [7, 11) is 0. The van der Waals surface area contributed by atoms with Crippen LogP contribution in [0.5, 0.6) is 0 Å². The zero-order valence-electron chi connectivity index (χ0n) is 8.82. The number of rotatable bonds is 2. The average molecular weight is 198 g/mol. The Bertz CT molecular complexity index is 230. The summed E-state index contributed by atoms with van der Waals surface area (Å²) in [6, 6.07) is 1.23. The van der Waals surface area contributed by atoms with E-state index < -0.39 is 0 Å². The number of nitrogens with one attached hydrogen (secondary N) is 1. The predicted molar refractivity (Wildman–Crippen MR) is 53.1 cm³/mol. The van der Waals surface area contributed by atoms with E-state index in [1.807, 2.05) is 0 Å². The van der Waals surface area contributed by atoms with Crippen molar-refractivity contribution in [3.05, 3.63) is 0 Å². The molecule has 0 aliphatic carbocycles. The highest BCUT2D eigenvalue weighted by atomic mass is 16.6. The van der Waals surface area contributed by atoms with Crippen LogP contribution in [0.2, 0.25) is 0 Å². The van der Waals surface area contributed by atoms with Gasteiger partial charge in [0.2, 0.25) is 0 Å². The van der Waals surface area contributed by atoms with Gasteiger partial charge in [-0.2, -0.15) is 0 Å². The lowest BCUT2D eigenvalue weighted by atomic mass is 10.1. The summed E-state index contributed by atoms with van der Waals surface area (Å²) < 4.78 is 4.93. The average Bonchev–Trinajstić information content (AvgIpc) is 2.70. The van der Waals surface area contributed by atoms with E-state index in [-0.39, 0.29) is 12.1 Å². The topological polar surface area (TPSA) is 41.6 Å². The molecule has 0 spiro atoms. The molecule has 14 heavy (non-hydrogen) atoms. The SMILES string of the molecule is CC(C)N1CCCC1C1COC(=O)N1. The van der Waals surface area contributed by atoms with E-state index >= 15 is 0 Å². The molecule has 2 unspecified atom stereocenters. The molecule has 80 valence electrons. The maximum atomic E-state index is 10.9. The fraction of sp³-hybridized carbons (Fsp3) is 0.900. The van der Waals surface area contributed by atoms with Gasteiger partial charge in [0.25, 0.3) is 0 Å². The molecule has 1 N–H and O–H groups in total. The van der Waals surface area contributed by atoms with Crippen molar-refractivity contribution in [3.8, 4) is 0 Å². The number of amides is 1. The molecule has 0 aromatic carbocycles. The molecule has 2 aliphatic heterocycles. The largest absolute Gasteiger partial charge is 0.447 e. The molecular weight excluding hydrogens is 180 g/mol. The summed E-state index contributed by atoms with van der Waals surface area (Å²) in [6.07, 6.45) is 2.15. The number of ether oxygens (including phenoxy) is 1. The third-order valence-corrected chi connectivity index (χ3v) is 3.17. The van der Waals surface area contributed by atoms with Crippen LogP contribution in [0.1, 0.15) is 26.7 Å². The highest BCUT2D eigenvalue weighted by molar-refractivity contribution is 5.69. The van der Waals surface area contributed by atoms with E-state index in [0.717, 1.165) is 6.54 Å². The van der Waals surface area contributed by atoms with Gasteiger partial charge < -0.3 is 10.1 Å². The van der Waals surface area contributed by atoms with Gasteiger partial charge in [-0.05, 0) is 33.2 Å². The Morgan fingerprint density at radius 2 is 2.36 bits per heavy atom. The van der Waals surface area contributed by atoms with E-state index in [9.17, 15) is 4.79 Å². The lowest BCUT2D eigenvalue weighted by Gasteiger charge is -2.31. The van der Waals surface area contributed by atoms with Crippen molar-refractivity contribution in [1.82, 2.24) is 10.2 Å². The molecule has 4 heteroatoms. The first-order valence-corrected chi connectivity index (χ1v) is 5.37. The maximum absolute atomic E-state index is 10.9. The lowest BCUT2D eigenvalue weighted by molar-refractivity contribution is 0.155. The van der Waals surface area contributed by atoms with Crippen LogP contribution in [-0.4, -0.2) is 42.3 Å². The fourth-order valence-electron chi connectivity index (χ4n) is 2.50. The first-order valence-electron chi connectivity index (χ1n) is 5.37. The number of alkyl carbamates (subject to hydrolysis) is 1. The highest BCUT2D eigenvalue weighted by Crippen LogP contribution is 2.24. The Kier molecular flexibility index (Phi) is 2.63. The van der Waals surface area contributed by atoms with Crippen LogP contribution < -0.4 is 5.32 Å². The van der Waals surface area contributed by atoms with Crippen LogP contribution in [0.4, 0.5) is 4.79 Å². The summed E-state index contributed by atoms with van der Waals surface area (Å²) in [5, 5.41) is 2.88. The molecule has 0 radical (unpaired) electrons. The second-order valence-electron chi connectivity index (χ2n) is 4.39. The first kappa shape index (κ1) is 9.77. The Hall–Kier alpha value is -0.770. The molecular formula is C10H18N2O2. The molecule has 0 bridgehead atoms. The van der Waals surface area contributed by atoms with E-state index in [1.54, 1.807) is 0 Å². The Labute approximate surface area is 84.6 Å². The van der Waals surface area contributed by atoms with Crippen LogP contribution >= 0.6 is 0 Å². The summed E-state index contributed by atoms with van der Waals surface area (Å²) in [4.78, 5) is 13.4. The van der Waals surface area contributed by atoms with Gasteiger partial charge in [0, 0.05) is 12.1 Å². The number of hydrogen-bond donors (Lipinski definition) is 1. The van der Waals surface area contributed by atoms with Crippen molar-refractivity contribution in [3.63, 3.8) is 0 Å². The number of carbonyl (C=O) groups excluding carboxylic acids is 1. The molecule has 2 fully saturated rings. The number of cyclic esters (lactones) is 1. The van der Waals surface area contributed by atoms with Crippen LogP contribution in [0.25, 0.3) is 0 Å². The maximum Gasteiger partial charge on any atom is 0.407 e. The van der Waals surface area contributed by atoms with Gasteiger partial charge in [-0.1, -0.05) is 0 Å². The zero-order valence-corrected chi connectivity index (χ0v) is 8.82. The highest BCUT2D eigenvalue weighted by Gasteiger charge is 2.37. The van der Waals surface area contributed by atoms with E-state index in [2.05, 4.69) is 24.1 Å². The van der Waals surface area contributed by atoms with Crippen molar-refractivity contribution in [2.45, 2.75) is 44.8 Å². The number of likely N-dealkylation sites (tertiary alicyclic amines) is 1. The van der Waals surface area contributed by atoms with E-state index in [4.69, 9.17) is 4.74 Å². The molecule has 2 saturated heterocycles. The number of hydrogen-bond acceptors (Lipinski definition) is 3. The summed E-state index contributed by atoms with van der Waals surface area (Å²) >= 11 is 0. The summed E-state index contributed by atoms with van der Waals surface area (Å²) in [6.45, 7) is 6.09. The van der Waals surface area contributed by atoms with Crippen LogP contribution in [0.3, 0.4) is 0 Å². The minimum absolute atomic E-state index is 0.201. The molecule has 0 saturated carbocycles. The second-order valence-corrected chi connectivity index (χ2v) is 4.39. The Morgan fingerprint density at radius 3 is 2.93 bits per heavy atom. The smallest absolute Gasteiger partial charge is 0.407 e. The van der Waals surface area contributed by atoms with Gasteiger partial charge in [-0.15, -0.1) is 0 Å². The summed E-state index contributed by atoms with van der Waals surface area (Å²) in [5.74, 6) is 0. The van der Waals surface area contributed by atoms with Gasteiger partial charge in [0.15, 0.2) is 0 Å². The van der Waals surface area contributed by atoms with E-state index in [1.165, 1.54) is 12.8 Å². The van der Waals surface area contributed by atoms with Gasteiger partial charge >= 0.3 is 6.09 Å². The van der Waals surface area contributed by atoms with Crippen LogP contribution in [0.15, 0.2) is 0 Å². The lowest BCUT2D eigenvalue weighted by Crippen LogP contribution is -2.48. The molecule has 2 aliphatic rings. The van der Waals surface area contributed by atoms with Crippen molar-refractivity contribution in [1.29, 1.82) is 0 Å². The predicted octanol–water partition coefficient (Wildman–Crippen LogP) is 0.968. The third-order valence-electron chi connectivity index (χ3n) is 3.17. The fourth-order valence-corrected chi connectivity index (χ4v) is 2.50. The Morgan fingerprint density at radius 1 is 1.57 bits per heavy atom. The van der Waals surface area contributed by atoms with Gasteiger partial charge in [-0.25, -0.2) is 4.79 Å². The van der Waals surface area contributed by atoms with Crippen molar-refractivity contribution >= 4 is 6.09 Å². The van der Waals surface area contributed by atoms with Crippen molar-refractivity contribution in [2.24, 2.45) is 0 Å². The molecule has 2 heterocycles. The first-order chi connectivity index (χ1) is 6.68. The molecule has 1 amide bonds. The molecule has 0 aromatic heterocycles. The monoisotopic (exact) mass is 198 g/mol. The van der Waals surface area contributed by atoms with Crippen LogP contribution in [0, 0.1) is 0 Å². The summed E-state index contributed by atoms with van der Waals surface area (Å²) in [5.41, 5.74) is 0. The second kappa shape index (κ2) is 3.77. The minimum atomic E-state index is -0.259. The molecule has 2 rings (SSSR count). The van der Waals surface area contributed by atoms with Crippen LogP contribution in [-0.2, 0) is 4.74 Å². The third kappa shape index (κ3) is 1.71. The molecule has 0 aromatic rings. The van der Waals surface area contributed by atoms with E-state index in [0.29, 0.717) is 18.7 Å². The molecule has 2 atom stereocenters. The van der Waals surface area contributed by atoms with Gasteiger partial charge in [0.05, 0.1) is 6.04 Å². The quantitative estimate of drug-likeness (QED) is 0.718. The normalized spacial score (nSPS) is 33.5. The number of carbonyl (C=O) groups is 1. The van der Waals surface area contributed by atoms with Gasteiger partial charge in [0.1, 0.15) is 6.61 Å². The molecule has 4 nitrogen and oxygen atoms in total. The van der Waals surface area contributed by atoms with Gasteiger partial charge in [-0.3, -0.25) is 4.90 Å². The number of nitrogens with zero attached hydrogens (tertiary/aromatic N) is 1. The Balaban J connectivity index is 1.99.